The van der Waals surface area contributed by atoms with Crippen molar-refractivity contribution in [3.63, 3.8) is 0 Å². The van der Waals surface area contributed by atoms with Gasteiger partial charge in [-0.1, -0.05) is 67.8 Å². The van der Waals surface area contributed by atoms with Crippen molar-refractivity contribution in [1.29, 1.82) is 0 Å². The number of benzene rings is 2. The average Bonchev–Trinajstić information content (AvgIpc) is 2.69. The van der Waals surface area contributed by atoms with E-state index in [0.717, 1.165) is 43.2 Å². The summed E-state index contributed by atoms with van der Waals surface area (Å²) >= 11 is 0. The van der Waals surface area contributed by atoms with Gasteiger partial charge in [0.25, 0.3) is 0 Å². The minimum absolute atomic E-state index is 0.0571. The molecule has 2 aliphatic rings. The van der Waals surface area contributed by atoms with Gasteiger partial charge >= 0.3 is 0 Å². The van der Waals surface area contributed by atoms with Crippen LogP contribution in [0, 0.1) is 5.41 Å². The molecule has 1 fully saturated rings. The molecule has 25 heavy (non-hydrogen) atoms. The minimum Gasteiger partial charge on any atom is -0.392 e. The van der Waals surface area contributed by atoms with Crippen molar-refractivity contribution < 1.29 is 13.5 Å². The first-order valence-electron chi connectivity index (χ1n) is 9.08. The molecular formula is C21H24O3S. The van der Waals surface area contributed by atoms with Gasteiger partial charge in [-0.3, -0.25) is 0 Å². The van der Waals surface area contributed by atoms with Crippen LogP contribution in [-0.2, 0) is 9.84 Å². The lowest BCUT2D eigenvalue weighted by molar-refractivity contribution is 0.00241. The summed E-state index contributed by atoms with van der Waals surface area (Å²) in [5.41, 5.74) is 1.18. The highest BCUT2D eigenvalue weighted by Gasteiger charge is 2.50. The highest BCUT2D eigenvalue weighted by atomic mass is 32.2. The fraction of sp³-hybridized carbons (Fsp3) is 0.429. The molecule has 0 radical (unpaired) electrons. The van der Waals surface area contributed by atoms with E-state index in [-0.39, 0.29) is 11.7 Å². The number of sulfone groups is 1. The smallest absolute Gasteiger partial charge is 0.179 e. The normalized spacial score (nSPS) is 27.4. The third-order valence-electron chi connectivity index (χ3n) is 6.02. The first-order chi connectivity index (χ1) is 12.0. The summed E-state index contributed by atoms with van der Waals surface area (Å²) in [5, 5.41) is 11.5. The van der Waals surface area contributed by atoms with Crippen LogP contribution in [0.25, 0.3) is 0 Å². The zero-order valence-corrected chi connectivity index (χ0v) is 15.1. The summed E-state index contributed by atoms with van der Waals surface area (Å²) in [6.07, 6.45) is 3.98. The summed E-state index contributed by atoms with van der Waals surface area (Å²) < 4.78 is 26.4. The Labute approximate surface area is 149 Å². The maximum atomic E-state index is 13.2. The molecule has 1 aliphatic carbocycles. The van der Waals surface area contributed by atoms with Crippen molar-refractivity contribution >= 4 is 9.84 Å². The topological polar surface area (TPSA) is 54.4 Å². The lowest BCUT2D eigenvalue weighted by Gasteiger charge is -2.42. The van der Waals surface area contributed by atoms with Crippen LogP contribution in [0.5, 0.6) is 0 Å². The number of hydrogen-bond acceptors (Lipinski definition) is 3. The van der Waals surface area contributed by atoms with E-state index in [2.05, 4.69) is 0 Å². The number of fused-ring (bicyclic) bond motifs is 1. The molecule has 0 aromatic heterocycles. The van der Waals surface area contributed by atoms with E-state index in [1.165, 1.54) is 0 Å². The molecule has 4 heteroatoms. The molecule has 0 saturated heterocycles. The predicted molar refractivity (Wildman–Crippen MR) is 98.3 cm³/mol. The summed E-state index contributed by atoms with van der Waals surface area (Å²) in [6, 6.07) is 17.1. The summed E-state index contributed by atoms with van der Waals surface area (Å²) in [7, 11) is -3.42. The van der Waals surface area contributed by atoms with Crippen LogP contribution in [0.4, 0.5) is 0 Å². The van der Waals surface area contributed by atoms with Gasteiger partial charge in [0.15, 0.2) is 9.84 Å². The zero-order valence-electron chi connectivity index (χ0n) is 14.3. The zero-order chi connectivity index (χ0) is 17.5. The second kappa shape index (κ2) is 6.26. The molecule has 1 N–H and O–H groups in total. The van der Waals surface area contributed by atoms with Crippen molar-refractivity contribution in [2.45, 2.75) is 49.0 Å². The third-order valence-corrected chi connectivity index (χ3v) is 8.01. The molecule has 0 bridgehead atoms. The second-order valence-electron chi connectivity index (χ2n) is 7.55. The monoisotopic (exact) mass is 356 g/mol. The highest BCUT2D eigenvalue weighted by Crippen LogP contribution is 2.50. The van der Waals surface area contributed by atoms with Gasteiger partial charge in [-0.2, -0.15) is 0 Å². The molecule has 3 nitrogen and oxygen atoms in total. The first kappa shape index (κ1) is 16.8. The third kappa shape index (κ3) is 2.81. The Morgan fingerprint density at radius 2 is 1.52 bits per heavy atom. The van der Waals surface area contributed by atoms with Gasteiger partial charge in [0.1, 0.15) is 0 Å². The fourth-order valence-corrected chi connectivity index (χ4v) is 7.02. The quantitative estimate of drug-likeness (QED) is 0.843. The number of aliphatic hydroxyl groups is 1. The Bertz CT molecular complexity index is 852. The predicted octanol–water partition coefficient (Wildman–Crippen LogP) is 3.92. The Morgan fingerprint density at radius 1 is 0.880 bits per heavy atom. The van der Waals surface area contributed by atoms with E-state index < -0.39 is 21.4 Å². The average molecular weight is 356 g/mol. The van der Waals surface area contributed by atoms with Crippen molar-refractivity contribution in [1.82, 2.24) is 0 Å². The van der Waals surface area contributed by atoms with Crippen LogP contribution >= 0.6 is 0 Å². The standard InChI is InChI=1S/C21H24O3S/c22-20-19(16-9-3-1-4-10-16)17-11-5-6-12-18(17)25(23,24)15-21(20)13-7-2-8-14-21/h1,3-6,9-12,19-20,22H,2,7-8,13-15H2/t19-,20?/m1/s1. The number of aliphatic hydroxyl groups excluding tert-OH is 1. The summed E-state index contributed by atoms with van der Waals surface area (Å²) in [5.74, 6) is -0.241. The molecule has 1 heterocycles. The van der Waals surface area contributed by atoms with E-state index in [1.807, 2.05) is 42.5 Å². The SMILES string of the molecule is O=S1(=O)CC2(CCCCC2)C(O)[C@H](c2ccccc2)c2ccccc21. The van der Waals surface area contributed by atoms with Gasteiger partial charge in [-0.15, -0.1) is 0 Å². The van der Waals surface area contributed by atoms with Crippen molar-refractivity contribution in [2.24, 2.45) is 5.41 Å². The van der Waals surface area contributed by atoms with E-state index in [1.54, 1.807) is 12.1 Å². The lowest BCUT2D eigenvalue weighted by Crippen LogP contribution is -2.44. The number of hydrogen-bond donors (Lipinski definition) is 1. The molecule has 2 aromatic rings. The maximum absolute atomic E-state index is 13.2. The maximum Gasteiger partial charge on any atom is 0.179 e. The van der Waals surface area contributed by atoms with E-state index >= 15 is 0 Å². The molecule has 1 aliphatic heterocycles. The molecule has 0 amide bonds. The van der Waals surface area contributed by atoms with Gasteiger partial charge in [0, 0.05) is 11.3 Å². The molecule has 132 valence electrons. The van der Waals surface area contributed by atoms with Crippen molar-refractivity contribution in [2.75, 3.05) is 5.75 Å². The first-order valence-corrected chi connectivity index (χ1v) is 10.7. The largest absolute Gasteiger partial charge is 0.392 e. The summed E-state index contributed by atoms with van der Waals surface area (Å²) in [4.78, 5) is 0.394. The molecule has 4 rings (SSSR count). The number of rotatable bonds is 1. The highest BCUT2D eigenvalue weighted by molar-refractivity contribution is 7.91. The minimum atomic E-state index is -3.42. The van der Waals surface area contributed by atoms with E-state index in [0.29, 0.717) is 4.90 Å². The Morgan fingerprint density at radius 3 is 2.24 bits per heavy atom. The lowest BCUT2D eigenvalue weighted by atomic mass is 9.66. The van der Waals surface area contributed by atoms with Gasteiger partial charge in [0.05, 0.1) is 16.8 Å². The molecule has 2 atom stereocenters. The molecule has 1 unspecified atom stereocenters. The fourth-order valence-electron chi connectivity index (χ4n) is 4.80. The molecule has 1 spiro atoms. The van der Waals surface area contributed by atoms with Crippen molar-refractivity contribution in [3.05, 3.63) is 65.7 Å². The Kier molecular flexibility index (Phi) is 4.20. The van der Waals surface area contributed by atoms with E-state index in [9.17, 15) is 13.5 Å². The van der Waals surface area contributed by atoms with Gasteiger partial charge in [0.2, 0.25) is 0 Å². The van der Waals surface area contributed by atoms with Crippen molar-refractivity contribution in [3.8, 4) is 0 Å². The van der Waals surface area contributed by atoms with Crippen LogP contribution in [-0.4, -0.2) is 25.4 Å². The van der Waals surface area contributed by atoms with Crippen LogP contribution in [0.15, 0.2) is 59.5 Å². The van der Waals surface area contributed by atoms with Gasteiger partial charge < -0.3 is 5.11 Å². The van der Waals surface area contributed by atoms with Gasteiger partial charge in [-0.25, -0.2) is 8.42 Å². The van der Waals surface area contributed by atoms with E-state index in [4.69, 9.17) is 0 Å². The van der Waals surface area contributed by atoms with Crippen LogP contribution in [0.1, 0.15) is 49.1 Å². The van der Waals surface area contributed by atoms with Crippen LogP contribution in [0.3, 0.4) is 0 Å². The summed E-state index contributed by atoms with van der Waals surface area (Å²) in [6.45, 7) is 0. The molecule has 2 aromatic carbocycles. The Balaban J connectivity index is 1.96. The van der Waals surface area contributed by atoms with Crippen LogP contribution in [0.2, 0.25) is 0 Å². The Hall–Kier alpha value is -1.65. The molecule has 1 saturated carbocycles. The second-order valence-corrected chi connectivity index (χ2v) is 9.51. The molecular weight excluding hydrogens is 332 g/mol. The van der Waals surface area contributed by atoms with Gasteiger partial charge in [-0.05, 0) is 30.0 Å². The van der Waals surface area contributed by atoms with Crippen LogP contribution < -0.4 is 0 Å².